The standard InChI is InChI=1S/C9H17N3O2S2/c1-12-7-9(5-8(12)6-10)16(13,14)11-3-4-15-2/h5,7,11H,3-4,6,10H2,1-2H3. The van der Waals surface area contributed by atoms with Crippen molar-refractivity contribution >= 4 is 21.8 Å². The molecule has 1 rings (SSSR count). The maximum atomic E-state index is 11.8. The van der Waals surface area contributed by atoms with Crippen LogP contribution in [0.3, 0.4) is 0 Å². The Bertz CT molecular complexity index is 440. The molecule has 0 fully saturated rings. The lowest BCUT2D eigenvalue weighted by atomic mass is 10.4. The van der Waals surface area contributed by atoms with E-state index in [2.05, 4.69) is 4.72 Å². The predicted molar refractivity (Wildman–Crippen MR) is 66.9 cm³/mol. The number of aromatic nitrogens is 1. The van der Waals surface area contributed by atoms with Crippen molar-refractivity contribution in [3.8, 4) is 0 Å². The van der Waals surface area contributed by atoms with E-state index in [-0.39, 0.29) is 4.90 Å². The Morgan fingerprint density at radius 2 is 2.25 bits per heavy atom. The van der Waals surface area contributed by atoms with Gasteiger partial charge in [-0.3, -0.25) is 0 Å². The highest BCUT2D eigenvalue weighted by Crippen LogP contribution is 2.12. The molecule has 0 radical (unpaired) electrons. The van der Waals surface area contributed by atoms with Crippen LogP contribution in [0.1, 0.15) is 5.69 Å². The first-order chi connectivity index (χ1) is 7.51. The number of nitrogens with zero attached hydrogens (tertiary/aromatic N) is 1. The highest BCUT2D eigenvalue weighted by molar-refractivity contribution is 7.98. The fourth-order valence-corrected chi connectivity index (χ4v) is 2.85. The molecule has 1 aromatic heterocycles. The molecule has 0 spiro atoms. The highest BCUT2D eigenvalue weighted by Gasteiger charge is 2.16. The topological polar surface area (TPSA) is 77.1 Å². The summed E-state index contributed by atoms with van der Waals surface area (Å²) in [5.74, 6) is 0.760. The van der Waals surface area contributed by atoms with Crippen molar-refractivity contribution in [3.05, 3.63) is 18.0 Å². The zero-order valence-electron chi connectivity index (χ0n) is 9.43. The summed E-state index contributed by atoms with van der Waals surface area (Å²) >= 11 is 1.60. The van der Waals surface area contributed by atoms with E-state index < -0.39 is 10.0 Å². The van der Waals surface area contributed by atoms with E-state index in [0.717, 1.165) is 11.4 Å². The summed E-state index contributed by atoms with van der Waals surface area (Å²) in [6.45, 7) is 0.771. The SMILES string of the molecule is CSCCNS(=O)(=O)c1cc(CN)n(C)c1. The number of hydrogen-bond acceptors (Lipinski definition) is 4. The van der Waals surface area contributed by atoms with Gasteiger partial charge in [0.25, 0.3) is 0 Å². The number of rotatable bonds is 6. The number of hydrogen-bond donors (Lipinski definition) is 2. The van der Waals surface area contributed by atoms with Gasteiger partial charge in [-0.05, 0) is 12.3 Å². The first kappa shape index (κ1) is 13.6. The zero-order chi connectivity index (χ0) is 12.2. The van der Waals surface area contributed by atoms with E-state index in [0.29, 0.717) is 13.1 Å². The first-order valence-corrected chi connectivity index (χ1v) is 7.73. The Morgan fingerprint density at radius 1 is 1.56 bits per heavy atom. The van der Waals surface area contributed by atoms with Crippen LogP contribution in [-0.4, -0.2) is 31.5 Å². The van der Waals surface area contributed by atoms with Crippen LogP contribution in [-0.2, 0) is 23.6 Å². The molecule has 0 aliphatic carbocycles. The second-order valence-electron chi connectivity index (χ2n) is 3.37. The molecule has 0 saturated carbocycles. The van der Waals surface area contributed by atoms with Gasteiger partial charge in [-0.1, -0.05) is 0 Å². The average Bonchev–Trinajstić information content (AvgIpc) is 2.60. The van der Waals surface area contributed by atoms with E-state index >= 15 is 0 Å². The molecule has 0 atom stereocenters. The summed E-state index contributed by atoms with van der Waals surface area (Å²) < 4.78 is 27.9. The van der Waals surface area contributed by atoms with Crippen molar-refractivity contribution in [3.63, 3.8) is 0 Å². The molecule has 16 heavy (non-hydrogen) atoms. The number of thioether (sulfide) groups is 1. The van der Waals surface area contributed by atoms with Crippen molar-refractivity contribution in [1.82, 2.24) is 9.29 Å². The van der Waals surface area contributed by atoms with Gasteiger partial charge >= 0.3 is 0 Å². The van der Waals surface area contributed by atoms with Gasteiger partial charge < -0.3 is 10.3 Å². The average molecular weight is 263 g/mol. The van der Waals surface area contributed by atoms with Gasteiger partial charge in [-0.15, -0.1) is 0 Å². The molecule has 3 N–H and O–H groups in total. The molecule has 0 aromatic carbocycles. The maximum absolute atomic E-state index is 11.8. The fraction of sp³-hybridized carbons (Fsp3) is 0.556. The molecule has 0 aliphatic rings. The Labute approximate surface area is 100 Å². The van der Waals surface area contributed by atoms with Gasteiger partial charge in [-0.25, -0.2) is 13.1 Å². The lowest BCUT2D eigenvalue weighted by Crippen LogP contribution is -2.25. The minimum Gasteiger partial charge on any atom is -0.352 e. The summed E-state index contributed by atoms with van der Waals surface area (Å²) in [5, 5.41) is 0. The minimum atomic E-state index is -3.38. The zero-order valence-corrected chi connectivity index (χ0v) is 11.1. The van der Waals surface area contributed by atoms with Gasteiger partial charge in [0, 0.05) is 37.8 Å². The molecule has 7 heteroatoms. The second kappa shape index (κ2) is 5.72. The number of sulfonamides is 1. The van der Waals surface area contributed by atoms with Gasteiger partial charge in [0.1, 0.15) is 0 Å². The monoisotopic (exact) mass is 263 g/mol. The Hall–Kier alpha value is -0.500. The minimum absolute atomic E-state index is 0.275. The third-order valence-corrected chi connectivity index (χ3v) is 4.24. The summed E-state index contributed by atoms with van der Waals surface area (Å²) in [7, 11) is -1.60. The molecule has 1 aromatic rings. The number of nitrogens with two attached hydrogens (primary N) is 1. The summed E-state index contributed by atoms with van der Waals surface area (Å²) in [4.78, 5) is 0.275. The Kier molecular flexibility index (Phi) is 4.85. The molecule has 0 aliphatic heterocycles. The largest absolute Gasteiger partial charge is 0.352 e. The summed E-state index contributed by atoms with van der Waals surface area (Å²) in [6, 6.07) is 1.60. The van der Waals surface area contributed by atoms with Crippen molar-refractivity contribution < 1.29 is 8.42 Å². The van der Waals surface area contributed by atoms with E-state index in [1.807, 2.05) is 6.26 Å². The maximum Gasteiger partial charge on any atom is 0.242 e. The molecule has 92 valence electrons. The van der Waals surface area contributed by atoms with E-state index in [9.17, 15) is 8.42 Å². The van der Waals surface area contributed by atoms with Crippen LogP contribution in [0.4, 0.5) is 0 Å². The fourth-order valence-electron chi connectivity index (χ4n) is 1.29. The third-order valence-electron chi connectivity index (χ3n) is 2.20. The van der Waals surface area contributed by atoms with Crippen LogP contribution in [0.25, 0.3) is 0 Å². The van der Waals surface area contributed by atoms with Crippen LogP contribution in [0.2, 0.25) is 0 Å². The highest BCUT2D eigenvalue weighted by atomic mass is 32.2. The molecule has 0 bridgehead atoms. The summed E-state index contributed by atoms with van der Waals surface area (Å²) in [5.41, 5.74) is 6.29. The quantitative estimate of drug-likeness (QED) is 0.715. The molecule has 0 unspecified atom stereocenters. The lowest BCUT2D eigenvalue weighted by molar-refractivity contribution is 0.584. The number of nitrogens with one attached hydrogen (secondary N) is 1. The van der Waals surface area contributed by atoms with E-state index in [4.69, 9.17) is 5.73 Å². The molecular weight excluding hydrogens is 246 g/mol. The molecular formula is C9H17N3O2S2. The van der Waals surface area contributed by atoms with Crippen molar-refractivity contribution in [1.29, 1.82) is 0 Å². The normalized spacial score (nSPS) is 11.9. The lowest BCUT2D eigenvalue weighted by Gasteiger charge is -2.02. The van der Waals surface area contributed by atoms with Gasteiger partial charge in [-0.2, -0.15) is 11.8 Å². The summed E-state index contributed by atoms with van der Waals surface area (Å²) in [6.07, 6.45) is 3.51. The Balaban J connectivity index is 2.81. The smallest absolute Gasteiger partial charge is 0.242 e. The second-order valence-corrected chi connectivity index (χ2v) is 6.13. The van der Waals surface area contributed by atoms with Gasteiger partial charge in [0.05, 0.1) is 4.90 Å². The number of aryl methyl sites for hydroxylation is 1. The van der Waals surface area contributed by atoms with Crippen LogP contribution >= 0.6 is 11.8 Å². The van der Waals surface area contributed by atoms with E-state index in [1.54, 1.807) is 35.6 Å². The van der Waals surface area contributed by atoms with Crippen LogP contribution in [0, 0.1) is 0 Å². The Morgan fingerprint density at radius 3 is 2.75 bits per heavy atom. The van der Waals surface area contributed by atoms with Crippen LogP contribution < -0.4 is 10.5 Å². The first-order valence-electron chi connectivity index (χ1n) is 4.85. The van der Waals surface area contributed by atoms with E-state index in [1.165, 1.54) is 0 Å². The van der Waals surface area contributed by atoms with Crippen molar-refractivity contribution in [2.75, 3.05) is 18.6 Å². The van der Waals surface area contributed by atoms with Crippen LogP contribution in [0.5, 0.6) is 0 Å². The molecule has 1 heterocycles. The van der Waals surface area contributed by atoms with Crippen LogP contribution in [0.15, 0.2) is 17.2 Å². The third kappa shape index (κ3) is 3.24. The molecule has 0 saturated heterocycles. The molecule has 0 amide bonds. The van der Waals surface area contributed by atoms with Crippen molar-refractivity contribution in [2.45, 2.75) is 11.4 Å². The van der Waals surface area contributed by atoms with Gasteiger partial charge in [0.2, 0.25) is 10.0 Å². The predicted octanol–water partition coefficient (Wildman–Crippen LogP) is 0.125. The van der Waals surface area contributed by atoms with Crippen molar-refractivity contribution in [2.24, 2.45) is 12.8 Å². The van der Waals surface area contributed by atoms with Gasteiger partial charge in [0.15, 0.2) is 0 Å². The molecule has 5 nitrogen and oxygen atoms in total.